The van der Waals surface area contributed by atoms with Gasteiger partial charge in [0.25, 0.3) is 0 Å². The first-order chi connectivity index (χ1) is 11.6. The maximum atomic E-state index is 13.2. The van der Waals surface area contributed by atoms with Crippen molar-refractivity contribution in [1.82, 2.24) is 9.80 Å². The average molecular weight is 328 g/mol. The van der Waals surface area contributed by atoms with Crippen molar-refractivity contribution >= 4 is 11.9 Å². The van der Waals surface area contributed by atoms with E-state index in [1.54, 1.807) is 0 Å². The minimum atomic E-state index is -0.779. The van der Waals surface area contributed by atoms with Crippen LogP contribution in [0.4, 0.5) is 0 Å². The van der Waals surface area contributed by atoms with Crippen molar-refractivity contribution in [3.05, 3.63) is 35.4 Å². The van der Waals surface area contributed by atoms with Crippen LogP contribution in [0.5, 0.6) is 0 Å². The topological polar surface area (TPSA) is 60.9 Å². The number of aliphatic carboxylic acids is 1. The average Bonchev–Trinajstić information content (AvgIpc) is 3.35. The Morgan fingerprint density at radius 3 is 2.42 bits per heavy atom. The molecule has 1 N–H and O–H groups in total. The van der Waals surface area contributed by atoms with Crippen molar-refractivity contribution in [1.29, 1.82) is 0 Å². The highest BCUT2D eigenvalue weighted by Crippen LogP contribution is 2.38. The zero-order valence-corrected chi connectivity index (χ0v) is 13.9. The van der Waals surface area contributed by atoms with Gasteiger partial charge in [0.15, 0.2) is 0 Å². The fourth-order valence-electron chi connectivity index (χ4n) is 4.31. The lowest BCUT2D eigenvalue weighted by molar-refractivity contribution is -0.145. The van der Waals surface area contributed by atoms with E-state index in [9.17, 15) is 14.7 Å². The number of hydrogen-bond donors (Lipinski definition) is 1. The van der Waals surface area contributed by atoms with Gasteiger partial charge in [0, 0.05) is 19.1 Å². The molecule has 1 saturated carbocycles. The standard InChI is InChI=1S/C19H24N2O3/c22-18(16-9-10-17(19(23)24)21(16)15-7-8-15)20-11-3-6-13-4-1-2-5-14(13)12-20/h1-2,4-5,15-17H,3,6-12H2,(H,23,24). The largest absolute Gasteiger partial charge is 0.480 e. The Bertz CT molecular complexity index is 656. The fraction of sp³-hybridized carbons (Fsp3) is 0.579. The number of rotatable bonds is 3. The molecule has 1 aliphatic carbocycles. The van der Waals surface area contributed by atoms with Crippen LogP contribution < -0.4 is 0 Å². The van der Waals surface area contributed by atoms with Crippen LogP contribution in [0.25, 0.3) is 0 Å². The van der Waals surface area contributed by atoms with E-state index < -0.39 is 12.0 Å². The summed E-state index contributed by atoms with van der Waals surface area (Å²) in [4.78, 5) is 28.7. The lowest BCUT2D eigenvalue weighted by atomic mass is 10.0. The van der Waals surface area contributed by atoms with Gasteiger partial charge in [0.1, 0.15) is 6.04 Å². The van der Waals surface area contributed by atoms with Gasteiger partial charge in [-0.15, -0.1) is 0 Å². The zero-order chi connectivity index (χ0) is 16.7. The monoisotopic (exact) mass is 328 g/mol. The summed E-state index contributed by atoms with van der Waals surface area (Å²) < 4.78 is 0. The second kappa shape index (κ2) is 6.20. The van der Waals surface area contributed by atoms with Crippen molar-refractivity contribution in [2.45, 2.75) is 63.2 Å². The Labute approximate surface area is 142 Å². The van der Waals surface area contributed by atoms with Crippen LogP contribution in [0.3, 0.4) is 0 Å². The predicted molar refractivity (Wildman–Crippen MR) is 89.5 cm³/mol. The summed E-state index contributed by atoms with van der Waals surface area (Å²) in [6.45, 7) is 1.42. The van der Waals surface area contributed by atoms with Gasteiger partial charge in [0.05, 0.1) is 6.04 Å². The van der Waals surface area contributed by atoms with Gasteiger partial charge in [-0.1, -0.05) is 24.3 Å². The zero-order valence-electron chi connectivity index (χ0n) is 13.9. The second-order valence-corrected chi connectivity index (χ2v) is 7.26. The Balaban J connectivity index is 1.54. The number of carboxylic acids is 1. The van der Waals surface area contributed by atoms with Gasteiger partial charge in [-0.3, -0.25) is 14.5 Å². The number of benzene rings is 1. The molecular weight excluding hydrogens is 304 g/mol. The molecule has 5 heteroatoms. The van der Waals surface area contributed by atoms with Crippen LogP contribution in [0.2, 0.25) is 0 Å². The summed E-state index contributed by atoms with van der Waals surface area (Å²) in [5, 5.41) is 9.48. The van der Waals surface area contributed by atoms with Crippen LogP contribution in [0, 0.1) is 0 Å². The van der Waals surface area contributed by atoms with Crippen LogP contribution in [0.15, 0.2) is 24.3 Å². The Kier molecular flexibility index (Phi) is 4.04. The first-order valence-electron chi connectivity index (χ1n) is 9.01. The van der Waals surface area contributed by atoms with Crippen LogP contribution in [-0.2, 0) is 22.6 Å². The van der Waals surface area contributed by atoms with Crippen molar-refractivity contribution in [2.24, 2.45) is 0 Å². The summed E-state index contributed by atoms with van der Waals surface area (Å²) in [5.74, 6) is -0.652. The van der Waals surface area contributed by atoms with E-state index in [4.69, 9.17) is 0 Å². The number of nitrogens with zero attached hydrogens (tertiary/aromatic N) is 2. The van der Waals surface area contributed by atoms with Crippen LogP contribution in [0.1, 0.15) is 43.2 Å². The molecule has 2 heterocycles. The molecule has 1 amide bonds. The highest BCUT2D eigenvalue weighted by Gasteiger charge is 2.49. The predicted octanol–water partition coefficient (Wildman–Crippen LogP) is 2.04. The number of hydrogen-bond acceptors (Lipinski definition) is 3. The lowest BCUT2D eigenvalue weighted by Crippen LogP contribution is -2.50. The first kappa shape index (κ1) is 15.6. The molecule has 1 saturated heterocycles. The molecular formula is C19H24N2O3. The van der Waals surface area contributed by atoms with Gasteiger partial charge in [-0.25, -0.2) is 0 Å². The third-order valence-corrected chi connectivity index (χ3v) is 5.64. The number of carbonyl (C=O) groups is 2. The minimum Gasteiger partial charge on any atom is -0.480 e. The van der Waals surface area contributed by atoms with E-state index in [1.165, 1.54) is 11.1 Å². The lowest BCUT2D eigenvalue weighted by Gasteiger charge is -2.31. The summed E-state index contributed by atoms with van der Waals surface area (Å²) >= 11 is 0. The van der Waals surface area contributed by atoms with Gasteiger partial charge in [-0.2, -0.15) is 0 Å². The SMILES string of the molecule is O=C(O)C1CCC(C(=O)N2CCCc3ccccc3C2)N1C1CC1. The Morgan fingerprint density at radius 2 is 1.71 bits per heavy atom. The number of aryl methyl sites for hydroxylation is 1. The third kappa shape index (κ3) is 2.81. The van der Waals surface area contributed by atoms with E-state index in [2.05, 4.69) is 18.2 Å². The molecule has 2 atom stereocenters. The smallest absolute Gasteiger partial charge is 0.320 e. The maximum Gasteiger partial charge on any atom is 0.320 e. The molecule has 1 aromatic carbocycles. The highest BCUT2D eigenvalue weighted by atomic mass is 16.4. The number of fused-ring (bicyclic) bond motifs is 1. The minimum absolute atomic E-state index is 0.127. The van der Waals surface area contributed by atoms with E-state index in [1.807, 2.05) is 15.9 Å². The van der Waals surface area contributed by atoms with Crippen LogP contribution >= 0.6 is 0 Å². The molecule has 1 aromatic rings. The molecule has 5 nitrogen and oxygen atoms in total. The summed E-state index contributed by atoms with van der Waals surface area (Å²) in [5.41, 5.74) is 2.57. The van der Waals surface area contributed by atoms with Gasteiger partial charge < -0.3 is 10.0 Å². The highest BCUT2D eigenvalue weighted by molar-refractivity contribution is 5.84. The summed E-state index contributed by atoms with van der Waals surface area (Å²) in [6.07, 6.45) is 5.29. The number of carboxylic acid groups (broad SMARTS) is 1. The van der Waals surface area contributed by atoms with E-state index in [0.717, 1.165) is 32.2 Å². The molecule has 3 aliphatic rings. The van der Waals surface area contributed by atoms with Crippen molar-refractivity contribution < 1.29 is 14.7 Å². The summed E-state index contributed by atoms with van der Waals surface area (Å²) in [6, 6.07) is 7.90. The maximum absolute atomic E-state index is 13.2. The molecule has 0 aromatic heterocycles. The number of amides is 1. The molecule has 2 aliphatic heterocycles. The van der Waals surface area contributed by atoms with E-state index in [0.29, 0.717) is 25.4 Å². The fourth-order valence-corrected chi connectivity index (χ4v) is 4.31. The van der Waals surface area contributed by atoms with E-state index >= 15 is 0 Å². The summed E-state index contributed by atoms with van der Waals surface area (Å²) in [7, 11) is 0. The number of likely N-dealkylation sites (tertiary alicyclic amines) is 1. The molecule has 2 unspecified atom stereocenters. The molecule has 0 bridgehead atoms. The molecule has 128 valence electrons. The molecule has 0 spiro atoms. The first-order valence-corrected chi connectivity index (χ1v) is 9.01. The third-order valence-electron chi connectivity index (χ3n) is 5.64. The molecule has 24 heavy (non-hydrogen) atoms. The molecule has 0 radical (unpaired) electrons. The van der Waals surface area contributed by atoms with E-state index in [-0.39, 0.29) is 11.9 Å². The van der Waals surface area contributed by atoms with Gasteiger partial charge >= 0.3 is 5.97 Å². The van der Waals surface area contributed by atoms with Crippen molar-refractivity contribution in [3.8, 4) is 0 Å². The Hall–Kier alpha value is -1.88. The second-order valence-electron chi connectivity index (χ2n) is 7.26. The van der Waals surface area contributed by atoms with Gasteiger partial charge in [0.2, 0.25) is 5.91 Å². The number of carbonyl (C=O) groups excluding carboxylic acids is 1. The Morgan fingerprint density at radius 1 is 1.00 bits per heavy atom. The quantitative estimate of drug-likeness (QED) is 0.922. The normalized spacial score (nSPS) is 27.6. The van der Waals surface area contributed by atoms with Crippen molar-refractivity contribution in [3.63, 3.8) is 0 Å². The van der Waals surface area contributed by atoms with Gasteiger partial charge in [-0.05, 0) is 49.7 Å². The van der Waals surface area contributed by atoms with Crippen molar-refractivity contribution in [2.75, 3.05) is 6.54 Å². The molecule has 4 rings (SSSR count). The molecule has 2 fully saturated rings. The van der Waals surface area contributed by atoms with Crippen LogP contribution in [-0.4, -0.2) is 51.5 Å².